The highest BCUT2D eigenvalue weighted by Crippen LogP contribution is 2.24. The maximum Gasteiger partial charge on any atom is 0.411 e. The fourth-order valence-electron chi connectivity index (χ4n) is 3.07. The molecule has 2 N–H and O–H groups in total. The number of ether oxygens (including phenoxy) is 2. The quantitative estimate of drug-likeness (QED) is 0.352. The first kappa shape index (κ1) is 23.3. The minimum atomic E-state index is -0.782. The Morgan fingerprint density at radius 1 is 0.788 bits per heavy atom. The second kappa shape index (κ2) is 10.8. The van der Waals surface area contributed by atoms with Crippen LogP contribution in [0.3, 0.4) is 0 Å². The summed E-state index contributed by atoms with van der Waals surface area (Å²) < 4.78 is 10.4. The molecule has 0 aliphatic heterocycles. The van der Waals surface area contributed by atoms with E-state index < -0.39 is 17.1 Å². The first-order valence-corrected chi connectivity index (χ1v) is 10.1. The average molecular weight is 449 g/mol. The van der Waals surface area contributed by atoms with Crippen LogP contribution in [0.4, 0.5) is 26.7 Å². The Bertz CT molecular complexity index is 1180. The molecule has 3 aromatic rings. The summed E-state index contributed by atoms with van der Waals surface area (Å²) in [6, 6.07) is 18.6. The monoisotopic (exact) mass is 449 g/mol. The highest BCUT2D eigenvalue weighted by molar-refractivity contribution is 5.91. The smallest absolute Gasteiger partial charge is 0.411 e. The highest BCUT2D eigenvalue weighted by atomic mass is 16.6. The fraction of sp³-hybridized carbons (Fsp3) is 0.167. The number of rotatable bonds is 7. The summed E-state index contributed by atoms with van der Waals surface area (Å²) in [5, 5.41) is 16.3. The molecule has 3 aromatic carbocycles. The van der Waals surface area contributed by atoms with E-state index in [2.05, 4.69) is 10.6 Å². The molecule has 170 valence electrons. The van der Waals surface area contributed by atoms with Crippen LogP contribution in [0, 0.1) is 24.0 Å². The van der Waals surface area contributed by atoms with Gasteiger partial charge in [-0.1, -0.05) is 42.5 Å². The SMILES string of the molecule is Cc1ccccc1COC(=O)Nc1cccc(NC(=O)OCc2ccccc2[N+](=O)[O-])c1C. The summed E-state index contributed by atoms with van der Waals surface area (Å²) in [5.74, 6) is 0. The number of nitro groups is 1. The molecule has 9 nitrogen and oxygen atoms in total. The van der Waals surface area contributed by atoms with Gasteiger partial charge in [0, 0.05) is 17.4 Å². The van der Waals surface area contributed by atoms with E-state index in [4.69, 9.17) is 9.47 Å². The first-order chi connectivity index (χ1) is 15.8. The molecule has 0 atom stereocenters. The van der Waals surface area contributed by atoms with Crippen molar-refractivity contribution in [2.45, 2.75) is 27.1 Å². The van der Waals surface area contributed by atoms with Crippen LogP contribution in [0.1, 0.15) is 22.3 Å². The van der Waals surface area contributed by atoms with Crippen LogP contribution >= 0.6 is 0 Å². The van der Waals surface area contributed by atoms with Crippen molar-refractivity contribution in [3.63, 3.8) is 0 Å². The number of amides is 2. The third-order valence-corrected chi connectivity index (χ3v) is 4.97. The van der Waals surface area contributed by atoms with Crippen molar-refractivity contribution in [1.29, 1.82) is 0 Å². The summed E-state index contributed by atoms with van der Waals surface area (Å²) >= 11 is 0. The molecule has 33 heavy (non-hydrogen) atoms. The lowest BCUT2D eigenvalue weighted by Gasteiger charge is -2.14. The van der Waals surface area contributed by atoms with Crippen LogP contribution in [-0.2, 0) is 22.7 Å². The predicted molar refractivity (Wildman–Crippen MR) is 123 cm³/mol. The molecular weight excluding hydrogens is 426 g/mol. The second-order valence-corrected chi connectivity index (χ2v) is 7.19. The van der Waals surface area contributed by atoms with Gasteiger partial charge >= 0.3 is 12.2 Å². The van der Waals surface area contributed by atoms with Crippen LogP contribution in [0.25, 0.3) is 0 Å². The number of nitro benzene ring substituents is 1. The summed E-state index contributed by atoms with van der Waals surface area (Å²) in [4.78, 5) is 35.0. The van der Waals surface area contributed by atoms with Crippen molar-refractivity contribution >= 4 is 29.2 Å². The van der Waals surface area contributed by atoms with Crippen molar-refractivity contribution < 1.29 is 24.0 Å². The Morgan fingerprint density at radius 2 is 1.30 bits per heavy atom. The molecule has 0 aromatic heterocycles. The molecule has 0 aliphatic carbocycles. The zero-order valence-corrected chi connectivity index (χ0v) is 18.2. The normalized spacial score (nSPS) is 10.2. The van der Waals surface area contributed by atoms with E-state index in [-0.39, 0.29) is 24.5 Å². The highest BCUT2D eigenvalue weighted by Gasteiger charge is 2.15. The molecule has 3 rings (SSSR count). The Hall–Kier alpha value is -4.40. The minimum Gasteiger partial charge on any atom is -0.444 e. The van der Waals surface area contributed by atoms with Gasteiger partial charge in [0.1, 0.15) is 13.2 Å². The average Bonchev–Trinajstić information content (AvgIpc) is 2.80. The van der Waals surface area contributed by atoms with Gasteiger partial charge in [-0.3, -0.25) is 20.7 Å². The van der Waals surface area contributed by atoms with Gasteiger partial charge in [-0.15, -0.1) is 0 Å². The number of nitrogens with one attached hydrogen (secondary N) is 2. The Labute approximate surface area is 190 Å². The standard InChI is InChI=1S/C24H23N3O6/c1-16-8-3-4-9-18(16)14-32-23(28)25-20-11-7-12-21(17(20)2)26-24(29)33-15-19-10-5-6-13-22(19)27(30)31/h3-13H,14-15H2,1-2H3,(H,25,28)(H,26,29). The van der Waals surface area contributed by atoms with E-state index in [0.717, 1.165) is 11.1 Å². The van der Waals surface area contributed by atoms with Crippen molar-refractivity contribution in [2.24, 2.45) is 0 Å². The van der Waals surface area contributed by atoms with Crippen molar-refractivity contribution in [3.8, 4) is 0 Å². The van der Waals surface area contributed by atoms with E-state index in [1.165, 1.54) is 18.2 Å². The van der Waals surface area contributed by atoms with Gasteiger partial charge in [-0.2, -0.15) is 0 Å². The van der Waals surface area contributed by atoms with Gasteiger partial charge in [0.25, 0.3) is 5.69 Å². The van der Waals surface area contributed by atoms with Gasteiger partial charge < -0.3 is 9.47 Å². The summed E-state index contributed by atoms with van der Waals surface area (Å²) in [6.07, 6.45) is -1.41. The molecule has 0 heterocycles. The number of carbonyl (C=O) groups is 2. The first-order valence-electron chi connectivity index (χ1n) is 10.1. The predicted octanol–water partition coefficient (Wildman–Crippen LogP) is 5.71. The summed E-state index contributed by atoms with van der Waals surface area (Å²) in [5.41, 5.74) is 3.54. The maximum atomic E-state index is 12.2. The number of para-hydroxylation sites is 1. The number of nitrogens with zero attached hydrogens (tertiary/aromatic N) is 1. The Morgan fingerprint density at radius 3 is 1.88 bits per heavy atom. The van der Waals surface area contributed by atoms with Crippen molar-refractivity contribution in [3.05, 3.63) is 99.1 Å². The molecular formula is C24H23N3O6. The molecule has 0 bridgehead atoms. The van der Waals surface area contributed by atoms with Gasteiger partial charge in [0.15, 0.2) is 0 Å². The van der Waals surface area contributed by atoms with Crippen molar-refractivity contribution in [1.82, 2.24) is 0 Å². The molecule has 0 radical (unpaired) electrons. The number of hydrogen-bond acceptors (Lipinski definition) is 6. The topological polar surface area (TPSA) is 120 Å². The number of benzene rings is 3. The zero-order valence-electron chi connectivity index (χ0n) is 18.2. The Balaban J connectivity index is 1.58. The molecule has 9 heteroatoms. The molecule has 0 fully saturated rings. The van der Waals surface area contributed by atoms with E-state index in [0.29, 0.717) is 16.9 Å². The molecule has 2 amide bonds. The van der Waals surface area contributed by atoms with Gasteiger partial charge in [0.2, 0.25) is 0 Å². The lowest BCUT2D eigenvalue weighted by Crippen LogP contribution is -2.17. The van der Waals surface area contributed by atoms with Crippen molar-refractivity contribution in [2.75, 3.05) is 10.6 Å². The Kier molecular flexibility index (Phi) is 7.59. The summed E-state index contributed by atoms with van der Waals surface area (Å²) in [7, 11) is 0. The molecule has 0 saturated heterocycles. The van der Waals surface area contributed by atoms with Gasteiger partial charge in [-0.05, 0) is 48.7 Å². The third kappa shape index (κ3) is 6.30. The van der Waals surface area contributed by atoms with Crippen LogP contribution in [0.5, 0.6) is 0 Å². The van der Waals surface area contributed by atoms with Crippen LogP contribution in [0.2, 0.25) is 0 Å². The van der Waals surface area contributed by atoms with Crippen LogP contribution < -0.4 is 10.6 Å². The number of hydrogen-bond donors (Lipinski definition) is 2. The molecule has 0 unspecified atom stereocenters. The van der Waals surface area contributed by atoms with Crippen LogP contribution in [0.15, 0.2) is 66.7 Å². The lowest BCUT2D eigenvalue weighted by atomic mass is 10.1. The summed E-state index contributed by atoms with van der Waals surface area (Å²) in [6.45, 7) is 3.53. The fourth-order valence-corrected chi connectivity index (χ4v) is 3.07. The maximum absolute atomic E-state index is 12.2. The van der Waals surface area contributed by atoms with Gasteiger partial charge in [0.05, 0.1) is 10.5 Å². The second-order valence-electron chi connectivity index (χ2n) is 7.19. The molecule has 0 spiro atoms. The van der Waals surface area contributed by atoms with E-state index in [9.17, 15) is 19.7 Å². The van der Waals surface area contributed by atoms with E-state index in [1.54, 1.807) is 31.2 Å². The lowest BCUT2D eigenvalue weighted by molar-refractivity contribution is -0.385. The number of anilines is 2. The minimum absolute atomic E-state index is 0.128. The van der Waals surface area contributed by atoms with E-state index in [1.807, 2.05) is 31.2 Å². The van der Waals surface area contributed by atoms with Gasteiger partial charge in [-0.25, -0.2) is 9.59 Å². The molecule has 0 saturated carbocycles. The van der Waals surface area contributed by atoms with Crippen LogP contribution in [-0.4, -0.2) is 17.1 Å². The number of aryl methyl sites for hydroxylation is 1. The van der Waals surface area contributed by atoms with E-state index >= 15 is 0 Å². The largest absolute Gasteiger partial charge is 0.444 e. The third-order valence-electron chi connectivity index (χ3n) is 4.97. The number of carbonyl (C=O) groups excluding carboxylic acids is 2. The zero-order chi connectivity index (χ0) is 23.8. The molecule has 0 aliphatic rings.